The number of anilines is 1. The third-order valence-corrected chi connectivity index (χ3v) is 6.42. The fourth-order valence-corrected chi connectivity index (χ4v) is 4.15. The molecule has 0 bridgehead atoms. The van der Waals surface area contributed by atoms with E-state index in [1.54, 1.807) is 31.6 Å². The van der Waals surface area contributed by atoms with Crippen molar-refractivity contribution in [1.82, 2.24) is 14.5 Å². The van der Waals surface area contributed by atoms with Crippen LogP contribution in [0.1, 0.15) is 10.4 Å². The molecular weight excluding hydrogens is 432 g/mol. The van der Waals surface area contributed by atoms with Crippen LogP contribution in [0.25, 0.3) is 11.3 Å². The number of rotatable bonds is 5. The average molecular weight is 455 g/mol. The van der Waals surface area contributed by atoms with Crippen LogP contribution in [0, 0.1) is 0 Å². The van der Waals surface area contributed by atoms with Gasteiger partial charge in [-0.1, -0.05) is 12.1 Å². The number of hydrogen-bond acceptors (Lipinski definition) is 8. The van der Waals surface area contributed by atoms with Crippen LogP contribution >= 0.6 is 0 Å². The topological polar surface area (TPSA) is 111 Å². The molecule has 1 saturated heterocycles. The van der Waals surface area contributed by atoms with E-state index in [1.165, 1.54) is 34.9 Å². The van der Waals surface area contributed by atoms with Gasteiger partial charge in [0.15, 0.2) is 15.6 Å². The standard InChI is InChI=1S/C22H22N4O5S/c1-25-20(27)13-18(15-7-9-23-10-8-15)24-22(25)26-11-12-31-19(14-26)21(28)16-3-5-17(6-4-16)32(2,29)30/h3-10,13,19H,11-12,14H2,1-2H3. The van der Waals surface area contributed by atoms with Gasteiger partial charge in [0.05, 0.1) is 23.7 Å². The molecule has 3 heterocycles. The van der Waals surface area contributed by atoms with E-state index in [0.717, 1.165) is 11.8 Å². The Hall–Kier alpha value is -3.37. The van der Waals surface area contributed by atoms with E-state index < -0.39 is 15.9 Å². The van der Waals surface area contributed by atoms with Gasteiger partial charge >= 0.3 is 0 Å². The number of morpholine rings is 1. The number of hydrogen-bond donors (Lipinski definition) is 0. The molecule has 4 rings (SSSR count). The molecule has 1 atom stereocenters. The molecule has 1 unspecified atom stereocenters. The van der Waals surface area contributed by atoms with Crippen molar-refractivity contribution in [1.29, 1.82) is 0 Å². The van der Waals surface area contributed by atoms with E-state index in [4.69, 9.17) is 4.74 Å². The third kappa shape index (κ3) is 4.46. The highest BCUT2D eigenvalue weighted by atomic mass is 32.2. The van der Waals surface area contributed by atoms with E-state index in [9.17, 15) is 18.0 Å². The summed E-state index contributed by atoms with van der Waals surface area (Å²) in [7, 11) is -1.71. The lowest BCUT2D eigenvalue weighted by atomic mass is 10.1. The molecule has 9 nitrogen and oxygen atoms in total. The highest BCUT2D eigenvalue weighted by Gasteiger charge is 2.29. The molecule has 166 valence electrons. The largest absolute Gasteiger partial charge is 0.366 e. The number of carbonyl (C=O) groups is 1. The van der Waals surface area contributed by atoms with Crippen molar-refractivity contribution in [3.05, 3.63) is 70.8 Å². The first-order valence-corrected chi connectivity index (χ1v) is 11.8. The van der Waals surface area contributed by atoms with Gasteiger partial charge in [-0.25, -0.2) is 13.4 Å². The highest BCUT2D eigenvalue weighted by molar-refractivity contribution is 7.90. The van der Waals surface area contributed by atoms with Gasteiger partial charge in [-0.3, -0.25) is 19.1 Å². The fraction of sp³-hybridized carbons (Fsp3) is 0.273. The van der Waals surface area contributed by atoms with Crippen molar-refractivity contribution >= 4 is 21.6 Å². The van der Waals surface area contributed by atoms with Crippen LogP contribution in [0.5, 0.6) is 0 Å². The number of benzene rings is 1. The second-order valence-electron chi connectivity index (χ2n) is 7.54. The lowest BCUT2D eigenvalue weighted by Crippen LogP contribution is -2.48. The Bertz CT molecular complexity index is 1300. The number of pyridine rings is 1. The van der Waals surface area contributed by atoms with Crippen LogP contribution in [0.15, 0.2) is 64.5 Å². The Morgan fingerprint density at radius 3 is 2.47 bits per heavy atom. The summed E-state index contributed by atoms with van der Waals surface area (Å²) in [6.45, 7) is 0.969. The van der Waals surface area contributed by atoms with E-state index in [0.29, 0.717) is 23.8 Å². The minimum absolute atomic E-state index is 0.146. The maximum Gasteiger partial charge on any atom is 0.255 e. The summed E-state index contributed by atoms with van der Waals surface area (Å²) in [6, 6.07) is 10.8. The van der Waals surface area contributed by atoms with Crippen LogP contribution < -0.4 is 10.5 Å². The summed E-state index contributed by atoms with van der Waals surface area (Å²) in [5.74, 6) is 0.183. The van der Waals surface area contributed by atoms with E-state index >= 15 is 0 Å². The molecule has 1 aromatic carbocycles. The van der Waals surface area contributed by atoms with Crippen LogP contribution in [0.2, 0.25) is 0 Å². The summed E-state index contributed by atoms with van der Waals surface area (Å²) >= 11 is 0. The van der Waals surface area contributed by atoms with E-state index in [1.807, 2.05) is 4.90 Å². The Kier molecular flexibility index (Phi) is 5.90. The molecule has 0 N–H and O–H groups in total. The molecule has 1 aliphatic rings. The normalized spacial score (nSPS) is 16.7. The van der Waals surface area contributed by atoms with Crippen LogP contribution in [0.3, 0.4) is 0 Å². The van der Waals surface area contributed by atoms with Crippen molar-refractivity contribution in [2.75, 3.05) is 30.9 Å². The zero-order valence-corrected chi connectivity index (χ0v) is 18.4. The molecule has 1 aliphatic heterocycles. The molecule has 1 fully saturated rings. The van der Waals surface area contributed by atoms with E-state index in [2.05, 4.69) is 9.97 Å². The summed E-state index contributed by atoms with van der Waals surface area (Å²) in [6.07, 6.45) is 3.61. The summed E-state index contributed by atoms with van der Waals surface area (Å²) < 4.78 is 30.4. The first kappa shape index (κ1) is 21.8. The predicted octanol–water partition coefficient (Wildman–Crippen LogP) is 1.33. The maximum atomic E-state index is 13.0. The number of sulfone groups is 1. The van der Waals surface area contributed by atoms with Crippen molar-refractivity contribution in [3.63, 3.8) is 0 Å². The molecule has 0 radical (unpaired) electrons. The maximum absolute atomic E-state index is 13.0. The number of aromatic nitrogens is 3. The quantitative estimate of drug-likeness (QED) is 0.531. The molecule has 0 spiro atoms. The van der Waals surface area contributed by atoms with E-state index in [-0.39, 0.29) is 29.4 Å². The molecule has 0 amide bonds. The molecule has 3 aromatic rings. The van der Waals surface area contributed by atoms with Gasteiger partial charge < -0.3 is 9.64 Å². The van der Waals surface area contributed by atoms with Crippen LogP contribution in [0.4, 0.5) is 5.95 Å². The van der Waals surface area contributed by atoms with Crippen molar-refractivity contribution in [2.45, 2.75) is 11.0 Å². The van der Waals surface area contributed by atoms with Crippen molar-refractivity contribution < 1.29 is 17.9 Å². The smallest absolute Gasteiger partial charge is 0.255 e. The van der Waals surface area contributed by atoms with Gasteiger partial charge in [-0.05, 0) is 24.3 Å². The summed E-state index contributed by atoms with van der Waals surface area (Å²) in [4.78, 5) is 36.2. The average Bonchev–Trinajstić information content (AvgIpc) is 2.80. The van der Waals surface area contributed by atoms with Gasteiger partial charge in [0.2, 0.25) is 5.95 Å². The molecule has 10 heteroatoms. The zero-order valence-electron chi connectivity index (χ0n) is 17.6. The number of carbonyl (C=O) groups excluding carboxylic acids is 1. The molecule has 0 saturated carbocycles. The first-order valence-electron chi connectivity index (χ1n) is 9.93. The molecule has 32 heavy (non-hydrogen) atoms. The second kappa shape index (κ2) is 8.64. The van der Waals surface area contributed by atoms with Crippen LogP contribution in [-0.4, -0.2) is 60.8 Å². The predicted molar refractivity (Wildman–Crippen MR) is 119 cm³/mol. The van der Waals surface area contributed by atoms with Crippen molar-refractivity contribution in [2.24, 2.45) is 7.05 Å². The van der Waals surface area contributed by atoms with Gasteiger partial charge in [-0.2, -0.15) is 0 Å². The second-order valence-corrected chi connectivity index (χ2v) is 9.56. The number of ether oxygens (including phenoxy) is 1. The first-order chi connectivity index (χ1) is 15.2. The van der Waals surface area contributed by atoms with Gasteiger partial charge in [0.1, 0.15) is 6.10 Å². The highest BCUT2D eigenvalue weighted by Crippen LogP contribution is 2.21. The summed E-state index contributed by atoms with van der Waals surface area (Å²) in [5.41, 5.74) is 1.44. The molecule has 2 aromatic heterocycles. The minimum atomic E-state index is -3.35. The lowest BCUT2D eigenvalue weighted by Gasteiger charge is -2.33. The third-order valence-electron chi connectivity index (χ3n) is 5.30. The Morgan fingerprint density at radius 2 is 1.81 bits per heavy atom. The minimum Gasteiger partial charge on any atom is -0.366 e. The summed E-state index contributed by atoms with van der Waals surface area (Å²) in [5, 5.41) is 0. The monoisotopic (exact) mass is 454 g/mol. The number of nitrogens with zero attached hydrogens (tertiary/aromatic N) is 4. The Labute approximate surface area is 185 Å². The van der Waals surface area contributed by atoms with Gasteiger partial charge in [-0.15, -0.1) is 0 Å². The fourth-order valence-electron chi connectivity index (χ4n) is 3.52. The van der Waals surface area contributed by atoms with Gasteiger partial charge in [0, 0.05) is 49.4 Å². The number of Topliss-reactive ketones (excluding diaryl/α,β-unsaturated/α-hetero) is 1. The Morgan fingerprint density at radius 1 is 1.12 bits per heavy atom. The van der Waals surface area contributed by atoms with Crippen molar-refractivity contribution in [3.8, 4) is 11.3 Å². The molecular formula is C22H22N4O5S. The zero-order chi connectivity index (χ0) is 22.9. The number of ketones is 1. The lowest BCUT2D eigenvalue weighted by molar-refractivity contribution is 0.0336. The molecule has 0 aliphatic carbocycles. The van der Waals surface area contributed by atoms with Gasteiger partial charge in [0.25, 0.3) is 5.56 Å². The Balaban J connectivity index is 1.60. The SMILES string of the molecule is Cn1c(N2CCOC(C(=O)c3ccc(S(C)(=O)=O)cc3)C2)nc(-c2ccncc2)cc1=O. The van der Waals surface area contributed by atoms with Crippen LogP contribution in [-0.2, 0) is 21.6 Å².